The molecule has 5 atom stereocenters. The number of hydrogen-bond donors (Lipinski definition) is 3. The molecule has 17 nitrogen and oxygen atoms in total. The molecule has 19 heteroatoms. The molecule has 0 spiro atoms. The van der Waals surface area contributed by atoms with Crippen molar-refractivity contribution in [1.82, 2.24) is 0 Å². The van der Waals surface area contributed by atoms with E-state index >= 15 is 0 Å². The monoisotopic (exact) mass is 1540 g/mol. The molecule has 0 bridgehead atoms. The predicted octanol–water partition coefficient (Wildman–Crippen LogP) is 26.2. The second-order valence-corrected chi connectivity index (χ2v) is 34.8. The van der Waals surface area contributed by atoms with Gasteiger partial charge < -0.3 is 33.8 Å². The van der Waals surface area contributed by atoms with Crippen LogP contribution in [0.2, 0.25) is 0 Å². The maximum atomic E-state index is 13.2. The molecule has 0 aromatic carbocycles. The van der Waals surface area contributed by atoms with E-state index < -0.39 is 97.5 Å². The van der Waals surface area contributed by atoms with Crippen LogP contribution in [0.4, 0.5) is 0 Å². The van der Waals surface area contributed by atoms with E-state index in [0.717, 1.165) is 102 Å². The largest absolute Gasteiger partial charge is 0.472 e. The van der Waals surface area contributed by atoms with E-state index in [1.807, 2.05) is 0 Å². The summed E-state index contributed by atoms with van der Waals surface area (Å²) in [4.78, 5) is 73.2. The maximum absolute atomic E-state index is 13.2. The highest BCUT2D eigenvalue weighted by Crippen LogP contribution is 2.45. The second-order valence-electron chi connectivity index (χ2n) is 31.9. The van der Waals surface area contributed by atoms with Gasteiger partial charge in [-0.25, -0.2) is 9.13 Å². The SMILES string of the molecule is CCCCCCCCCCCCCCCCCCCCCCCC(=O)O[C@H](COC(=O)CCCCCCCCCCCCCCCCCC(C)C)COP(=O)(O)OC[C@@H](O)COP(=O)(O)OC[C@@H](COC(=O)CCCCCCCCCCCCCCC)OC(=O)CCCCCCCCCCCCC(C)C. The van der Waals surface area contributed by atoms with Gasteiger partial charge in [0.1, 0.15) is 19.3 Å². The first-order valence-electron chi connectivity index (χ1n) is 44.5. The van der Waals surface area contributed by atoms with Crippen LogP contribution in [0, 0.1) is 11.8 Å². The zero-order valence-electron chi connectivity index (χ0n) is 69.0. The molecule has 0 aliphatic heterocycles. The molecule has 2 unspecified atom stereocenters. The van der Waals surface area contributed by atoms with Gasteiger partial charge in [0.25, 0.3) is 0 Å². The number of ether oxygens (including phenoxy) is 4. The fourth-order valence-corrected chi connectivity index (χ4v) is 15.0. The van der Waals surface area contributed by atoms with Gasteiger partial charge in [-0.15, -0.1) is 0 Å². The first kappa shape index (κ1) is 103. The van der Waals surface area contributed by atoms with E-state index in [1.165, 1.54) is 276 Å². The second kappa shape index (κ2) is 77.4. The lowest BCUT2D eigenvalue weighted by Crippen LogP contribution is -2.30. The fourth-order valence-electron chi connectivity index (χ4n) is 13.4. The number of esters is 4. The molecule has 0 rings (SSSR count). The quantitative estimate of drug-likeness (QED) is 0.0222. The van der Waals surface area contributed by atoms with E-state index in [2.05, 4.69) is 41.5 Å². The lowest BCUT2D eigenvalue weighted by Gasteiger charge is -2.21. The maximum Gasteiger partial charge on any atom is 0.472 e. The van der Waals surface area contributed by atoms with Crippen LogP contribution in [0.25, 0.3) is 0 Å². The lowest BCUT2D eigenvalue weighted by atomic mass is 10.0. The molecule has 0 aromatic rings. The van der Waals surface area contributed by atoms with Crippen molar-refractivity contribution in [3.8, 4) is 0 Å². The molecule has 0 aliphatic carbocycles. The summed E-state index contributed by atoms with van der Waals surface area (Å²) in [6.07, 6.45) is 69.4. The number of carbonyl (C=O) groups excluding carboxylic acids is 4. The van der Waals surface area contributed by atoms with Gasteiger partial charge in [0.15, 0.2) is 12.2 Å². The number of unbranched alkanes of at least 4 members (excludes halogenated alkanes) is 55. The van der Waals surface area contributed by atoms with Crippen molar-refractivity contribution < 1.29 is 80.2 Å². The van der Waals surface area contributed by atoms with Gasteiger partial charge >= 0.3 is 39.5 Å². The Hall–Kier alpha value is -1.94. The number of phosphoric acid groups is 2. The van der Waals surface area contributed by atoms with Crippen LogP contribution >= 0.6 is 15.6 Å². The fraction of sp³-hybridized carbons (Fsp3) is 0.953. The lowest BCUT2D eigenvalue weighted by molar-refractivity contribution is -0.161. The summed E-state index contributed by atoms with van der Waals surface area (Å²) in [5, 5.41) is 10.7. The van der Waals surface area contributed by atoms with Crippen molar-refractivity contribution in [2.24, 2.45) is 11.8 Å². The highest BCUT2D eigenvalue weighted by Gasteiger charge is 2.30. The minimum absolute atomic E-state index is 0.107. The molecule has 0 radical (unpaired) electrons. The molecular weight excluding hydrogens is 1370 g/mol. The normalized spacial score (nSPS) is 13.8. The number of rotatable bonds is 85. The van der Waals surface area contributed by atoms with Gasteiger partial charge in [-0.05, 0) is 37.5 Å². The van der Waals surface area contributed by atoms with Gasteiger partial charge in [0.05, 0.1) is 26.4 Å². The minimum atomic E-state index is -4.97. The molecule has 0 saturated carbocycles. The summed E-state index contributed by atoms with van der Waals surface area (Å²) >= 11 is 0. The molecule has 105 heavy (non-hydrogen) atoms. The third-order valence-corrected chi connectivity index (χ3v) is 22.1. The number of phosphoric ester groups is 2. The summed E-state index contributed by atoms with van der Waals surface area (Å²) < 4.78 is 68.9. The van der Waals surface area contributed by atoms with Gasteiger partial charge in [-0.2, -0.15) is 0 Å². The van der Waals surface area contributed by atoms with Crippen molar-refractivity contribution in [2.45, 2.75) is 477 Å². The summed E-state index contributed by atoms with van der Waals surface area (Å²) in [6, 6.07) is 0. The summed E-state index contributed by atoms with van der Waals surface area (Å²) in [5.41, 5.74) is 0. The van der Waals surface area contributed by atoms with Crippen molar-refractivity contribution in [3.05, 3.63) is 0 Å². The van der Waals surface area contributed by atoms with E-state index in [0.29, 0.717) is 25.7 Å². The van der Waals surface area contributed by atoms with Gasteiger partial charge in [0.2, 0.25) is 0 Å². The Morgan fingerprint density at radius 1 is 0.257 bits per heavy atom. The van der Waals surface area contributed by atoms with E-state index in [1.54, 1.807) is 0 Å². The summed E-state index contributed by atoms with van der Waals surface area (Å²) in [7, 11) is -9.93. The number of carbonyl (C=O) groups is 4. The van der Waals surface area contributed by atoms with Crippen molar-refractivity contribution in [3.63, 3.8) is 0 Å². The highest BCUT2D eigenvalue weighted by atomic mass is 31.2. The average molecular weight is 1540 g/mol. The standard InChI is InChI=1S/C86H168O17P2/c1-7-9-11-13-15-17-19-21-22-23-24-25-26-27-30-35-39-46-52-58-64-70-85(90)102-81(74-97-84(89)69-63-57-51-45-38-34-31-28-29-33-36-42-48-54-60-66-78(3)4)76-100-104(92,93)98-72-80(87)73-99-105(94,95)101-77-82(103-86(91)71-65-59-53-47-41-40-43-49-55-61-67-79(5)6)75-96-83(88)68-62-56-50-44-37-32-20-18-16-14-12-10-8-2/h78-82,87H,7-77H2,1-6H3,(H,92,93)(H,94,95)/t80-,81-,82-/m1/s1. The number of hydrogen-bond acceptors (Lipinski definition) is 15. The smallest absolute Gasteiger partial charge is 0.462 e. The molecular formula is C86H168O17P2. The number of aliphatic hydroxyl groups is 1. The molecule has 0 heterocycles. The minimum Gasteiger partial charge on any atom is -0.462 e. The van der Waals surface area contributed by atoms with Crippen LogP contribution in [-0.2, 0) is 65.4 Å². The van der Waals surface area contributed by atoms with Gasteiger partial charge in [0, 0.05) is 25.7 Å². The van der Waals surface area contributed by atoms with Crippen LogP contribution in [0.3, 0.4) is 0 Å². The van der Waals surface area contributed by atoms with E-state index in [-0.39, 0.29) is 25.7 Å². The van der Waals surface area contributed by atoms with Crippen LogP contribution in [0.1, 0.15) is 459 Å². The van der Waals surface area contributed by atoms with Crippen molar-refractivity contribution >= 4 is 39.5 Å². The summed E-state index contributed by atoms with van der Waals surface area (Å²) in [6.45, 7) is 9.69. The molecule has 0 aliphatic rings. The Bertz CT molecular complexity index is 2010. The molecule has 0 fully saturated rings. The Balaban J connectivity index is 5.24. The summed E-state index contributed by atoms with van der Waals surface area (Å²) in [5.74, 6) is -0.543. The Kier molecular flexibility index (Phi) is 76.0. The zero-order chi connectivity index (χ0) is 77.1. The first-order chi connectivity index (χ1) is 50.9. The van der Waals surface area contributed by atoms with Crippen LogP contribution in [0.15, 0.2) is 0 Å². The molecule has 0 aromatic heterocycles. The van der Waals surface area contributed by atoms with Gasteiger partial charge in [-0.3, -0.25) is 37.3 Å². The molecule has 624 valence electrons. The van der Waals surface area contributed by atoms with E-state index in [4.69, 9.17) is 37.0 Å². The van der Waals surface area contributed by atoms with E-state index in [9.17, 15) is 43.2 Å². The topological polar surface area (TPSA) is 237 Å². The van der Waals surface area contributed by atoms with Gasteiger partial charge in [-0.1, -0.05) is 408 Å². The third-order valence-electron chi connectivity index (χ3n) is 20.2. The molecule has 0 saturated heterocycles. The van der Waals surface area contributed by atoms with Crippen molar-refractivity contribution in [2.75, 3.05) is 39.6 Å². The molecule has 3 N–H and O–H groups in total. The first-order valence-corrected chi connectivity index (χ1v) is 47.5. The predicted molar refractivity (Wildman–Crippen MR) is 432 cm³/mol. The Morgan fingerprint density at radius 3 is 0.648 bits per heavy atom. The van der Waals surface area contributed by atoms with Crippen LogP contribution in [0.5, 0.6) is 0 Å². The van der Waals surface area contributed by atoms with Crippen LogP contribution < -0.4 is 0 Å². The van der Waals surface area contributed by atoms with Crippen LogP contribution in [-0.4, -0.2) is 96.7 Å². The third kappa shape index (κ3) is 79.9. The molecule has 0 amide bonds. The average Bonchev–Trinajstić information content (AvgIpc) is 0.904. The number of aliphatic hydroxyl groups excluding tert-OH is 1. The Morgan fingerprint density at radius 2 is 0.438 bits per heavy atom. The van der Waals surface area contributed by atoms with Crippen molar-refractivity contribution in [1.29, 1.82) is 0 Å². The Labute approximate surface area is 645 Å². The highest BCUT2D eigenvalue weighted by molar-refractivity contribution is 7.47. The zero-order valence-corrected chi connectivity index (χ0v) is 70.8.